The fourth-order valence-corrected chi connectivity index (χ4v) is 4.64. The van der Waals surface area contributed by atoms with Crippen molar-refractivity contribution < 1.29 is 0 Å². The van der Waals surface area contributed by atoms with E-state index in [9.17, 15) is 0 Å². The van der Waals surface area contributed by atoms with E-state index in [1.807, 2.05) is 0 Å². The van der Waals surface area contributed by atoms with Crippen LogP contribution in [0.1, 0.15) is 23.2 Å². The van der Waals surface area contributed by atoms with E-state index in [4.69, 9.17) is 0 Å². The molecule has 2 aromatic heterocycles. The minimum Gasteiger partial charge on any atom is -0.361 e. The SMILES string of the molecule is Brc1ccc2c([C@@H]3CN[C@@H](c4c[nH]c5cc(Br)ccc45)CN3)c[nH]c2c1. The molecule has 0 radical (unpaired) electrons. The van der Waals surface area contributed by atoms with Crippen LogP contribution in [0, 0.1) is 0 Å². The molecule has 1 saturated heterocycles. The Balaban J connectivity index is 1.38. The molecule has 4 N–H and O–H groups in total. The van der Waals surface area contributed by atoms with Crippen LogP contribution in [0.5, 0.6) is 0 Å². The van der Waals surface area contributed by atoms with E-state index in [1.165, 1.54) is 32.9 Å². The second kappa shape index (κ2) is 6.53. The number of aromatic nitrogens is 2. The molecule has 1 aliphatic heterocycles. The summed E-state index contributed by atoms with van der Waals surface area (Å²) in [5, 5.41) is 10.0. The second-order valence-electron chi connectivity index (χ2n) is 6.79. The van der Waals surface area contributed by atoms with Gasteiger partial charge in [-0.1, -0.05) is 44.0 Å². The molecule has 0 aliphatic carbocycles. The Bertz CT molecular complexity index is 1000. The third-order valence-electron chi connectivity index (χ3n) is 5.24. The van der Waals surface area contributed by atoms with Gasteiger partial charge in [0.1, 0.15) is 0 Å². The van der Waals surface area contributed by atoms with E-state index < -0.39 is 0 Å². The van der Waals surface area contributed by atoms with E-state index in [-0.39, 0.29) is 0 Å². The number of fused-ring (bicyclic) bond motifs is 2. The van der Waals surface area contributed by atoms with Crippen LogP contribution in [0.15, 0.2) is 57.7 Å². The first-order valence-electron chi connectivity index (χ1n) is 8.69. The molecule has 4 nitrogen and oxygen atoms in total. The van der Waals surface area contributed by atoms with Crippen molar-refractivity contribution in [1.82, 2.24) is 20.6 Å². The summed E-state index contributed by atoms with van der Waals surface area (Å²) in [6.45, 7) is 1.80. The summed E-state index contributed by atoms with van der Waals surface area (Å²) in [5.41, 5.74) is 4.98. The third kappa shape index (κ3) is 2.81. The Morgan fingerprint density at radius 1 is 0.692 bits per heavy atom. The van der Waals surface area contributed by atoms with Crippen LogP contribution < -0.4 is 10.6 Å². The lowest BCUT2D eigenvalue weighted by atomic mass is 9.99. The number of piperazine rings is 1. The van der Waals surface area contributed by atoms with Crippen molar-refractivity contribution in [1.29, 1.82) is 0 Å². The van der Waals surface area contributed by atoms with Crippen LogP contribution >= 0.6 is 31.9 Å². The first-order valence-corrected chi connectivity index (χ1v) is 10.3. The van der Waals surface area contributed by atoms with Crippen molar-refractivity contribution in [3.05, 3.63) is 68.9 Å². The summed E-state index contributed by atoms with van der Waals surface area (Å²) in [5.74, 6) is 0. The van der Waals surface area contributed by atoms with Gasteiger partial charge in [0.2, 0.25) is 0 Å². The Labute approximate surface area is 168 Å². The maximum Gasteiger partial charge on any atom is 0.0468 e. The lowest BCUT2D eigenvalue weighted by Gasteiger charge is -2.31. The van der Waals surface area contributed by atoms with E-state index in [0.717, 1.165) is 22.0 Å². The van der Waals surface area contributed by atoms with E-state index in [0.29, 0.717) is 12.1 Å². The van der Waals surface area contributed by atoms with Crippen LogP contribution in [0.25, 0.3) is 21.8 Å². The maximum atomic E-state index is 3.73. The molecule has 132 valence electrons. The Kier molecular flexibility index (Phi) is 4.16. The van der Waals surface area contributed by atoms with E-state index >= 15 is 0 Å². The molecule has 3 heterocycles. The highest BCUT2D eigenvalue weighted by atomic mass is 79.9. The first-order chi connectivity index (χ1) is 12.7. The average molecular weight is 474 g/mol. The summed E-state index contributed by atoms with van der Waals surface area (Å²) >= 11 is 7.08. The Hall–Kier alpha value is -1.60. The predicted molar refractivity (Wildman–Crippen MR) is 113 cm³/mol. The number of hydrogen-bond acceptors (Lipinski definition) is 2. The minimum atomic E-state index is 0.306. The van der Waals surface area contributed by atoms with Crippen molar-refractivity contribution in [2.45, 2.75) is 12.1 Å². The second-order valence-corrected chi connectivity index (χ2v) is 8.62. The number of H-pyrrole nitrogens is 2. The van der Waals surface area contributed by atoms with Crippen LogP contribution in [-0.4, -0.2) is 23.1 Å². The number of halogens is 2. The van der Waals surface area contributed by atoms with Crippen molar-refractivity contribution in [2.75, 3.05) is 13.1 Å². The predicted octanol–water partition coefficient (Wildman–Crippen LogP) is 5.15. The molecule has 26 heavy (non-hydrogen) atoms. The van der Waals surface area contributed by atoms with Crippen LogP contribution in [0.3, 0.4) is 0 Å². The van der Waals surface area contributed by atoms with E-state index in [2.05, 4.69) is 101 Å². The topological polar surface area (TPSA) is 55.6 Å². The van der Waals surface area contributed by atoms with Gasteiger partial charge in [-0.05, 0) is 35.4 Å². The zero-order valence-electron chi connectivity index (χ0n) is 13.9. The summed E-state index contributed by atoms with van der Waals surface area (Å²) in [6, 6.07) is 13.4. The molecule has 1 fully saturated rings. The largest absolute Gasteiger partial charge is 0.361 e. The lowest BCUT2D eigenvalue weighted by Crippen LogP contribution is -2.44. The van der Waals surface area contributed by atoms with Gasteiger partial charge in [0.25, 0.3) is 0 Å². The van der Waals surface area contributed by atoms with Gasteiger partial charge in [0.15, 0.2) is 0 Å². The van der Waals surface area contributed by atoms with E-state index in [1.54, 1.807) is 0 Å². The van der Waals surface area contributed by atoms with Crippen molar-refractivity contribution in [2.24, 2.45) is 0 Å². The first kappa shape index (κ1) is 16.6. The summed E-state index contributed by atoms with van der Waals surface area (Å²) in [7, 11) is 0. The van der Waals surface area contributed by atoms with Crippen LogP contribution in [-0.2, 0) is 0 Å². The van der Waals surface area contributed by atoms with Gasteiger partial charge in [-0.25, -0.2) is 0 Å². The Morgan fingerprint density at radius 3 is 1.58 bits per heavy atom. The van der Waals surface area contributed by atoms with Gasteiger partial charge in [-0.3, -0.25) is 0 Å². The normalized spacial score (nSPS) is 20.8. The van der Waals surface area contributed by atoms with Gasteiger partial charge in [0, 0.05) is 68.3 Å². The molecule has 0 unspecified atom stereocenters. The molecule has 1 aliphatic rings. The average Bonchev–Trinajstić information content (AvgIpc) is 3.25. The molecule has 2 atom stereocenters. The molecule has 0 spiro atoms. The minimum absolute atomic E-state index is 0.306. The van der Waals surface area contributed by atoms with Gasteiger partial charge in [-0.15, -0.1) is 0 Å². The molecule has 0 saturated carbocycles. The Morgan fingerprint density at radius 2 is 1.15 bits per heavy atom. The van der Waals surface area contributed by atoms with Gasteiger partial charge >= 0.3 is 0 Å². The highest BCUT2D eigenvalue weighted by molar-refractivity contribution is 9.10. The molecule has 2 aromatic carbocycles. The van der Waals surface area contributed by atoms with Gasteiger partial charge < -0.3 is 20.6 Å². The number of rotatable bonds is 2. The standard InChI is InChI=1S/C20H18Br2N4/c21-11-1-3-13-15(7-23-17(13)5-11)19-9-26-20(10-25-19)16-8-24-18-6-12(22)2-4-14(16)18/h1-8,19-20,23-26H,9-10H2/t19-,20+. The summed E-state index contributed by atoms with van der Waals surface area (Å²) < 4.78 is 2.19. The number of benzene rings is 2. The van der Waals surface area contributed by atoms with Gasteiger partial charge in [0.05, 0.1) is 0 Å². The molecule has 5 rings (SSSR count). The highest BCUT2D eigenvalue weighted by Crippen LogP contribution is 2.31. The maximum absolute atomic E-state index is 3.73. The van der Waals surface area contributed by atoms with Crippen molar-refractivity contribution >= 4 is 53.7 Å². The third-order valence-corrected chi connectivity index (χ3v) is 6.23. The van der Waals surface area contributed by atoms with Crippen LogP contribution in [0.2, 0.25) is 0 Å². The zero-order valence-corrected chi connectivity index (χ0v) is 17.1. The van der Waals surface area contributed by atoms with Crippen molar-refractivity contribution in [3.63, 3.8) is 0 Å². The fourth-order valence-electron chi connectivity index (χ4n) is 3.92. The highest BCUT2D eigenvalue weighted by Gasteiger charge is 2.25. The molecule has 0 bridgehead atoms. The zero-order chi connectivity index (χ0) is 17.7. The number of hydrogen-bond donors (Lipinski definition) is 4. The number of aromatic amines is 2. The monoisotopic (exact) mass is 472 g/mol. The van der Waals surface area contributed by atoms with Gasteiger partial charge in [-0.2, -0.15) is 0 Å². The number of nitrogens with one attached hydrogen (secondary N) is 4. The molecular formula is C20H18Br2N4. The molecule has 4 aromatic rings. The lowest BCUT2D eigenvalue weighted by molar-refractivity contribution is 0.359. The smallest absolute Gasteiger partial charge is 0.0468 e. The fraction of sp³-hybridized carbons (Fsp3) is 0.200. The quantitative estimate of drug-likeness (QED) is 0.325. The molecular weight excluding hydrogens is 456 g/mol. The summed E-state index contributed by atoms with van der Waals surface area (Å²) in [6.07, 6.45) is 4.25. The van der Waals surface area contributed by atoms with Crippen LogP contribution in [0.4, 0.5) is 0 Å². The van der Waals surface area contributed by atoms with Crippen molar-refractivity contribution in [3.8, 4) is 0 Å². The summed E-state index contributed by atoms with van der Waals surface area (Å²) in [4.78, 5) is 6.77. The molecule has 6 heteroatoms. The molecule has 0 amide bonds.